The first-order valence-corrected chi connectivity index (χ1v) is 8.70. The van der Waals surface area contributed by atoms with Crippen LogP contribution in [0.5, 0.6) is 5.75 Å². The Kier molecular flexibility index (Phi) is 5.96. The Morgan fingerprint density at radius 3 is 2.24 bits per heavy atom. The molecule has 0 amide bonds. The molecule has 3 aromatic rings. The van der Waals surface area contributed by atoms with Crippen LogP contribution in [-0.4, -0.2) is 5.11 Å². The Morgan fingerprint density at radius 2 is 1.62 bits per heavy atom. The molecule has 0 saturated heterocycles. The predicted molar refractivity (Wildman–Crippen MR) is 107 cm³/mol. The molecule has 7 heteroatoms. The number of phenolic OH excluding ortho intramolecular Hbond substituents is 1. The van der Waals surface area contributed by atoms with Crippen molar-refractivity contribution in [1.82, 2.24) is 0 Å². The highest BCUT2D eigenvalue weighted by molar-refractivity contribution is 6.33. The Hall–Kier alpha value is -3.22. The van der Waals surface area contributed by atoms with E-state index in [1.807, 2.05) is 0 Å². The van der Waals surface area contributed by atoms with E-state index in [1.165, 1.54) is 24.3 Å². The molecule has 3 N–H and O–H groups in total. The number of hydrogen-bond acceptors (Lipinski definition) is 3. The first-order chi connectivity index (χ1) is 13.8. The van der Waals surface area contributed by atoms with Crippen LogP contribution in [0.15, 0.2) is 67.2 Å². The second kappa shape index (κ2) is 8.43. The van der Waals surface area contributed by atoms with Gasteiger partial charge in [-0.15, -0.1) is 0 Å². The number of allylic oxidation sites excluding steroid dienone is 2. The number of hydrogen-bond donors (Lipinski definition) is 2. The summed E-state index contributed by atoms with van der Waals surface area (Å²) in [6.45, 7) is 3.94. The Bertz CT molecular complexity index is 1110. The summed E-state index contributed by atoms with van der Waals surface area (Å²) < 4.78 is 42.6. The third kappa shape index (κ3) is 4.13. The van der Waals surface area contributed by atoms with Crippen molar-refractivity contribution in [1.29, 1.82) is 0 Å². The van der Waals surface area contributed by atoms with Crippen LogP contribution in [0.3, 0.4) is 0 Å². The largest absolute Gasteiger partial charge is 0.508 e. The average Bonchev–Trinajstić information content (AvgIpc) is 2.70. The zero-order valence-electron chi connectivity index (χ0n) is 14.9. The predicted octanol–water partition coefficient (Wildman–Crippen LogP) is 5.93. The van der Waals surface area contributed by atoms with Crippen molar-refractivity contribution in [2.75, 3.05) is 0 Å². The minimum absolute atomic E-state index is 0.0282. The molecule has 0 aliphatic rings. The van der Waals surface area contributed by atoms with E-state index in [0.717, 1.165) is 6.07 Å². The second-order valence-corrected chi connectivity index (χ2v) is 6.48. The number of phenols is 1. The highest BCUT2D eigenvalue weighted by Gasteiger charge is 2.24. The summed E-state index contributed by atoms with van der Waals surface area (Å²) in [5, 5.41) is 9.81. The lowest BCUT2D eigenvalue weighted by molar-refractivity contribution is 0.292. The number of aromatic hydroxyl groups is 1. The van der Waals surface area contributed by atoms with Gasteiger partial charge in [-0.1, -0.05) is 36.4 Å². The first kappa shape index (κ1) is 20.5. The zero-order valence-corrected chi connectivity index (χ0v) is 15.7. The summed E-state index contributed by atoms with van der Waals surface area (Å²) in [6, 6.07) is 13.4. The van der Waals surface area contributed by atoms with Crippen LogP contribution >= 0.6 is 11.6 Å². The monoisotopic (exact) mass is 417 g/mol. The van der Waals surface area contributed by atoms with Gasteiger partial charge < -0.3 is 9.94 Å². The summed E-state index contributed by atoms with van der Waals surface area (Å²) >= 11 is 6.24. The molecule has 0 saturated carbocycles. The van der Waals surface area contributed by atoms with Gasteiger partial charge in [0.15, 0.2) is 17.4 Å². The van der Waals surface area contributed by atoms with Crippen molar-refractivity contribution >= 4 is 28.5 Å². The second-order valence-electron chi connectivity index (χ2n) is 6.08. The molecule has 0 spiro atoms. The zero-order chi connectivity index (χ0) is 21.1. The van der Waals surface area contributed by atoms with Crippen LogP contribution in [0.2, 0.25) is 5.02 Å². The van der Waals surface area contributed by atoms with E-state index < -0.39 is 23.0 Å². The fraction of sp³-hybridized carbons (Fsp3) is 0. The fourth-order valence-electron chi connectivity index (χ4n) is 2.88. The van der Waals surface area contributed by atoms with E-state index in [2.05, 4.69) is 6.58 Å². The van der Waals surface area contributed by atoms with Crippen molar-refractivity contribution in [3.63, 3.8) is 0 Å². The maximum Gasteiger partial charge on any atom is 0.167 e. The molecular formula is C22H15ClF3NO2. The van der Waals surface area contributed by atoms with E-state index in [4.69, 9.17) is 22.3 Å². The van der Waals surface area contributed by atoms with Crippen molar-refractivity contribution in [2.24, 2.45) is 5.90 Å². The molecule has 0 aliphatic heterocycles. The molecule has 0 aromatic heterocycles. The summed E-state index contributed by atoms with van der Waals surface area (Å²) in [7, 11) is 0. The molecule has 148 valence electrons. The maximum absolute atomic E-state index is 14.7. The molecular weight excluding hydrogens is 403 g/mol. The summed E-state index contributed by atoms with van der Waals surface area (Å²) in [5.74, 6) is 1.64. The van der Waals surface area contributed by atoms with Gasteiger partial charge in [0.25, 0.3) is 0 Å². The van der Waals surface area contributed by atoms with Gasteiger partial charge in [-0.3, -0.25) is 0 Å². The summed E-state index contributed by atoms with van der Waals surface area (Å²) in [4.78, 5) is 4.99. The molecule has 0 aliphatic carbocycles. The minimum atomic E-state index is -1.38. The van der Waals surface area contributed by atoms with Crippen LogP contribution in [0, 0.1) is 17.5 Å². The summed E-state index contributed by atoms with van der Waals surface area (Å²) in [5.41, 5.74) is 0.301. The molecule has 0 unspecified atom stereocenters. The average molecular weight is 418 g/mol. The van der Waals surface area contributed by atoms with Crippen molar-refractivity contribution < 1.29 is 23.1 Å². The van der Waals surface area contributed by atoms with Crippen LogP contribution in [0.1, 0.15) is 16.7 Å². The van der Waals surface area contributed by atoms with Gasteiger partial charge in [-0.05, 0) is 42.0 Å². The fourth-order valence-corrected chi connectivity index (χ4v) is 3.13. The SMILES string of the molecule is C=C(/C(=C(\ON)c1ccc(O)cc1)c1cc(F)cc(F)c1F)c1ccccc1Cl. The molecule has 0 atom stereocenters. The van der Waals surface area contributed by atoms with Crippen molar-refractivity contribution in [2.45, 2.75) is 0 Å². The van der Waals surface area contributed by atoms with Crippen LogP contribution < -0.4 is 5.90 Å². The van der Waals surface area contributed by atoms with E-state index in [-0.39, 0.29) is 27.7 Å². The van der Waals surface area contributed by atoms with Gasteiger partial charge in [0.1, 0.15) is 11.6 Å². The molecule has 0 radical (unpaired) electrons. The van der Waals surface area contributed by atoms with E-state index in [0.29, 0.717) is 17.2 Å². The lowest BCUT2D eigenvalue weighted by atomic mass is 9.90. The van der Waals surface area contributed by atoms with Crippen molar-refractivity contribution in [3.8, 4) is 5.75 Å². The van der Waals surface area contributed by atoms with Gasteiger partial charge in [0, 0.05) is 33.4 Å². The normalized spacial score (nSPS) is 11.8. The molecule has 0 heterocycles. The van der Waals surface area contributed by atoms with Crippen LogP contribution in [-0.2, 0) is 4.84 Å². The van der Waals surface area contributed by atoms with Gasteiger partial charge in [0.2, 0.25) is 0 Å². The Balaban J connectivity index is 2.37. The Labute approximate surface area is 170 Å². The topological polar surface area (TPSA) is 55.5 Å². The standard InChI is InChI=1S/C22H15ClF3NO2/c1-12(16-4-2-3-5-18(16)23)20(17-10-14(24)11-19(25)21(17)26)22(29-27)13-6-8-15(28)9-7-13/h2-11,28H,1,27H2/b22-20+. The first-order valence-electron chi connectivity index (χ1n) is 8.33. The third-order valence-corrected chi connectivity index (χ3v) is 4.57. The lowest BCUT2D eigenvalue weighted by Gasteiger charge is -2.18. The smallest absolute Gasteiger partial charge is 0.167 e. The molecule has 3 aromatic carbocycles. The molecule has 0 fully saturated rings. The van der Waals surface area contributed by atoms with Gasteiger partial charge in [-0.25, -0.2) is 13.2 Å². The lowest BCUT2D eigenvalue weighted by Crippen LogP contribution is -2.06. The third-order valence-electron chi connectivity index (χ3n) is 4.24. The minimum Gasteiger partial charge on any atom is -0.508 e. The van der Waals surface area contributed by atoms with E-state index in [9.17, 15) is 18.3 Å². The van der Waals surface area contributed by atoms with Crippen LogP contribution in [0.4, 0.5) is 13.2 Å². The van der Waals surface area contributed by atoms with Gasteiger partial charge >= 0.3 is 0 Å². The summed E-state index contributed by atoms with van der Waals surface area (Å²) in [6.07, 6.45) is 0. The number of halogens is 4. The van der Waals surface area contributed by atoms with E-state index >= 15 is 0 Å². The maximum atomic E-state index is 14.7. The molecule has 3 rings (SSSR count). The highest BCUT2D eigenvalue weighted by atomic mass is 35.5. The number of nitrogens with two attached hydrogens (primary N) is 1. The number of benzene rings is 3. The van der Waals surface area contributed by atoms with Crippen LogP contribution in [0.25, 0.3) is 16.9 Å². The molecule has 0 bridgehead atoms. The van der Waals surface area contributed by atoms with E-state index in [1.54, 1.807) is 24.3 Å². The van der Waals surface area contributed by atoms with Gasteiger partial charge in [0.05, 0.1) is 0 Å². The number of rotatable bonds is 5. The quantitative estimate of drug-likeness (QED) is 0.178. The Morgan fingerprint density at radius 1 is 0.966 bits per heavy atom. The van der Waals surface area contributed by atoms with Gasteiger partial charge in [-0.2, -0.15) is 5.90 Å². The highest BCUT2D eigenvalue weighted by Crippen LogP contribution is 2.40. The van der Waals surface area contributed by atoms with Crippen molar-refractivity contribution in [3.05, 3.63) is 106 Å². The molecule has 3 nitrogen and oxygen atoms in total. The molecule has 29 heavy (non-hydrogen) atoms.